The molecule has 0 bridgehead atoms. The van der Waals surface area contributed by atoms with Gasteiger partial charge < -0.3 is 20.2 Å². The highest BCUT2D eigenvalue weighted by atomic mass is 32.2. The Kier molecular flexibility index (Phi) is 7.36. The molecule has 37 heavy (non-hydrogen) atoms. The number of nitrogens with two attached hydrogens (primary N) is 1. The number of nitrogens with one attached hydrogen (secondary N) is 1. The molecular formula is C26H27FN6O3S. The van der Waals surface area contributed by atoms with Crippen molar-refractivity contribution in [3.05, 3.63) is 60.0 Å². The first-order chi connectivity index (χ1) is 17.9. The van der Waals surface area contributed by atoms with Crippen LogP contribution in [0.1, 0.15) is 25.8 Å². The van der Waals surface area contributed by atoms with Crippen LogP contribution in [0.2, 0.25) is 0 Å². The average molecular weight is 523 g/mol. The lowest BCUT2D eigenvalue weighted by atomic mass is 10.1. The van der Waals surface area contributed by atoms with E-state index in [-0.39, 0.29) is 40.1 Å². The minimum absolute atomic E-state index is 0.0170. The van der Waals surface area contributed by atoms with Gasteiger partial charge >= 0.3 is 0 Å². The molecule has 1 fully saturated rings. The Labute approximate surface area is 216 Å². The molecule has 5 rings (SSSR count). The second kappa shape index (κ2) is 10.8. The highest BCUT2D eigenvalue weighted by Gasteiger charge is 2.20. The third kappa shape index (κ3) is 5.58. The number of rotatable bonds is 8. The Morgan fingerprint density at radius 2 is 1.95 bits per heavy atom. The van der Waals surface area contributed by atoms with E-state index in [9.17, 15) is 8.60 Å². The summed E-state index contributed by atoms with van der Waals surface area (Å²) in [7, 11) is -1.09. The first-order valence-electron chi connectivity index (χ1n) is 12.0. The molecule has 0 saturated carbocycles. The van der Waals surface area contributed by atoms with E-state index >= 15 is 0 Å². The average Bonchev–Trinajstić information content (AvgIpc) is 3.60. The van der Waals surface area contributed by atoms with Crippen LogP contribution in [0.5, 0.6) is 0 Å². The first-order valence-corrected chi connectivity index (χ1v) is 13.2. The molecular weight excluding hydrogens is 495 g/mol. The lowest BCUT2D eigenvalue weighted by Gasteiger charge is -2.10. The van der Waals surface area contributed by atoms with Crippen LogP contribution >= 0.6 is 0 Å². The van der Waals surface area contributed by atoms with Crippen LogP contribution in [0, 0.1) is 5.82 Å². The fourth-order valence-electron chi connectivity index (χ4n) is 3.95. The summed E-state index contributed by atoms with van der Waals surface area (Å²) in [5.41, 5.74) is 8.53. The number of halogens is 1. The number of hydrogen-bond donors (Lipinski definition) is 2. The summed E-state index contributed by atoms with van der Waals surface area (Å²) in [6.07, 6.45) is 2.48. The fraction of sp³-hybridized carbons (Fsp3) is 0.308. The molecule has 2 aromatic carbocycles. The van der Waals surface area contributed by atoms with Gasteiger partial charge in [-0.15, -0.1) is 10.2 Å². The molecule has 0 aliphatic carbocycles. The SMILES string of the molecule is CC(C)S(=O)c1ccc(-c2cnc(N)c(-c3nnc(-c4ccc(CNC5CCOC5)cc4F)o3)n2)cc1. The van der Waals surface area contributed by atoms with Crippen molar-refractivity contribution in [1.29, 1.82) is 0 Å². The molecule has 192 valence electrons. The van der Waals surface area contributed by atoms with Gasteiger partial charge in [0.1, 0.15) is 5.82 Å². The van der Waals surface area contributed by atoms with Crippen molar-refractivity contribution in [2.75, 3.05) is 18.9 Å². The summed E-state index contributed by atoms with van der Waals surface area (Å²) in [6.45, 7) is 5.77. The van der Waals surface area contributed by atoms with Gasteiger partial charge in [0.05, 0.1) is 34.9 Å². The van der Waals surface area contributed by atoms with E-state index in [2.05, 4.69) is 25.5 Å². The van der Waals surface area contributed by atoms with Gasteiger partial charge in [-0.05, 0) is 36.2 Å². The molecule has 3 heterocycles. The number of benzene rings is 2. The number of nitrogen functional groups attached to an aromatic ring is 1. The van der Waals surface area contributed by atoms with Gasteiger partial charge in [0, 0.05) is 34.9 Å². The van der Waals surface area contributed by atoms with Crippen LogP contribution < -0.4 is 11.1 Å². The van der Waals surface area contributed by atoms with Crippen molar-refractivity contribution in [2.24, 2.45) is 0 Å². The van der Waals surface area contributed by atoms with Gasteiger partial charge in [-0.3, -0.25) is 4.21 Å². The van der Waals surface area contributed by atoms with Gasteiger partial charge in [0.25, 0.3) is 11.8 Å². The van der Waals surface area contributed by atoms with E-state index < -0.39 is 16.6 Å². The van der Waals surface area contributed by atoms with Crippen molar-refractivity contribution in [3.63, 3.8) is 0 Å². The van der Waals surface area contributed by atoms with Gasteiger partial charge in [0.15, 0.2) is 11.5 Å². The molecule has 0 amide bonds. The van der Waals surface area contributed by atoms with Crippen molar-refractivity contribution in [3.8, 4) is 34.3 Å². The summed E-state index contributed by atoms with van der Waals surface area (Å²) >= 11 is 0. The lowest BCUT2D eigenvalue weighted by molar-refractivity contribution is 0.190. The number of ether oxygens (including phenoxy) is 1. The smallest absolute Gasteiger partial charge is 0.270 e. The van der Waals surface area contributed by atoms with E-state index in [1.165, 1.54) is 12.3 Å². The molecule has 2 unspecified atom stereocenters. The second-order valence-electron chi connectivity index (χ2n) is 9.03. The first kappa shape index (κ1) is 25.1. The zero-order valence-corrected chi connectivity index (χ0v) is 21.3. The Hall–Kier alpha value is -3.54. The molecule has 2 atom stereocenters. The maximum absolute atomic E-state index is 14.9. The number of hydrogen-bond acceptors (Lipinski definition) is 9. The highest BCUT2D eigenvalue weighted by Crippen LogP contribution is 2.29. The van der Waals surface area contributed by atoms with E-state index in [1.807, 2.05) is 32.0 Å². The predicted octanol–water partition coefficient (Wildman–Crippen LogP) is 3.98. The normalized spacial score (nSPS) is 16.4. The topological polar surface area (TPSA) is 129 Å². The third-order valence-corrected chi connectivity index (χ3v) is 7.62. The Bertz CT molecular complexity index is 1420. The number of aromatic nitrogens is 4. The van der Waals surface area contributed by atoms with Crippen LogP contribution in [0.3, 0.4) is 0 Å². The summed E-state index contributed by atoms with van der Waals surface area (Å²) in [6, 6.07) is 12.4. The number of anilines is 1. The largest absolute Gasteiger partial charge is 0.414 e. The van der Waals surface area contributed by atoms with Gasteiger partial charge in [-0.2, -0.15) is 0 Å². The molecule has 4 aromatic rings. The molecule has 11 heteroatoms. The fourth-order valence-corrected chi connectivity index (χ4v) is 4.90. The maximum atomic E-state index is 14.9. The Morgan fingerprint density at radius 1 is 1.16 bits per heavy atom. The molecule has 1 saturated heterocycles. The van der Waals surface area contributed by atoms with Crippen LogP contribution in [0.25, 0.3) is 34.3 Å². The molecule has 1 aliphatic heterocycles. The standard InChI is InChI=1S/C26H27FN6O3S/c1-15(2)37(34)19-6-4-17(5-7-19)22-13-30-24(28)23(31-22)26-33-32-25(36-26)20-8-3-16(11-21(20)27)12-29-18-9-10-35-14-18/h3-8,11,13,15,18,29H,9-10,12,14H2,1-2H3,(H2,28,30). The maximum Gasteiger partial charge on any atom is 0.270 e. The van der Waals surface area contributed by atoms with Gasteiger partial charge in [-0.25, -0.2) is 14.4 Å². The van der Waals surface area contributed by atoms with Crippen molar-refractivity contribution >= 4 is 16.6 Å². The van der Waals surface area contributed by atoms with Crippen LogP contribution in [-0.2, 0) is 22.1 Å². The zero-order chi connectivity index (χ0) is 25.9. The molecule has 3 N–H and O–H groups in total. The summed E-state index contributed by atoms with van der Waals surface area (Å²) in [5, 5.41) is 11.4. The van der Waals surface area contributed by atoms with E-state index in [4.69, 9.17) is 14.9 Å². The third-order valence-electron chi connectivity index (χ3n) is 6.03. The molecule has 0 radical (unpaired) electrons. The van der Waals surface area contributed by atoms with E-state index in [0.29, 0.717) is 18.8 Å². The minimum atomic E-state index is -1.09. The van der Waals surface area contributed by atoms with Crippen LogP contribution in [0.4, 0.5) is 10.2 Å². The highest BCUT2D eigenvalue weighted by molar-refractivity contribution is 7.85. The predicted molar refractivity (Wildman–Crippen MR) is 138 cm³/mol. The minimum Gasteiger partial charge on any atom is -0.414 e. The van der Waals surface area contributed by atoms with Crippen molar-refractivity contribution in [1.82, 2.24) is 25.5 Å². The lowest BCUT2D eigenvalue weighted by Crippen LogP contribution is -2.28. The van der Waals surface area contributed by atoms with Crippen molar-refractivity contribution in [2.45, 2.75) is 43.0 Å². The van der Waals surface area contributed by atoms with E-state index in [0.717, 1.165) is 29.1 Å². The summed E-state index contributed by atoms with van der Waals surface area (Å²) in [4.78, 5) is 9.51. The quantitative estimate of drug-likeness (QED) is 0.353. The summed E-state index contributed by atoms with van der Waals surface area (Å²) < 4.78 is 38.3. The van der Waals surface area contributed by atoms with Crippen LogP contribution in [-0.4, -0.2) is 48.9 Å². The number of nitrogens with zero attached hydrogens (tertiary/aromatic N) is 4. The molecule has 9 nitrogen and oxygen atoms in total. The molecule has 0 spiro atoms. The van der Waals surface area contributed by atoms with Gasteiger partial charge in [-0.1, -0.05) is 32.0 Å². The summed E-state index contributed by atoms with van der Waals surface area (Å²) in [5.74, 6) is -0.313. The van der Waals surface area contributed by atoms with Crippen LogP contribution in [0.15, 0.2) is 58.0 Å². The molecule has 2 aromatic heterocycles. The van der Waals surface area contributed by atoms with E-state index in [1.54, 1.807) is 18.2 Å². The van der Waals surface area contributed by atoms with Crippen molar-refractivity contribution < 1.29 is 17.8 Å². The molecule has 1 aliphatic rings. The monoisotopic (exact) mass is 522 g/mol. The Balaban J connectivity index is 1.35. The van der Waals surface area contributed by atoms with Gasteiger partial charge in [0.2, 0.25) is 0 Å². The Morgan fingerprint density at radius 3 is 2.65 bits per heavy atom. The second-order valence-corrected chi connectivity index (χ2v) is 11.0. The zero-order valence-electron chi connectivity index (χ0n) is 20.5.